The molecule has 0 aliphatic carbocycles. The van der Waals surface area contributed by atoms with Crippen molar-refractivity contribution in [2.24, 2.45) is 0 Å². The van der Waals surface area contributed by atoms with E-state index in [0.29, 0.717) is 32.8 Å². The van der Waals surface area contributed by atoms with Gasteiger partial charge in [0.25, 0.3) is 0 Å². The van der Waals surface area contributed by atoms with Gasteiger partial charge in [-0.15, -0.1) is 0 Å². The summed E-state index contributed by atoms with van der Waals surface area (Å²) in [5.74, 6) is 0.102. The number of nitrogens with zero attached hydrogens (tertiary/aromatic N) is 2. The molecule has 0 spiro atoms. The van der Waals surface area contributed by atoms with Crippen LogP contribution in [0.2, 0.25) is 0 Å². The summed E-state index contributed by atoms with van der Waals surface area (Å²) in [6.45, 7) is 10.3. The highest BCUT2D eigenvalue weighted by Gasteiger charge is 2.35. The summed E-state index contributed by atoms with van der Waals surface area (Å²) in [6.07, 6.45) is -0.294. The van der Waals surface area contributed by atoms with Crippen molar-refractivity contribution in [3.63, 3.8) is 0 Å². The second kappa shape index (κ2) is 7.02. The Hall–Kier alpha value is -2.04. The molecule has 1 aliphatic heterocycles. The van der Waals surface area contributed by atoms with Crippen molar-refractivity contribution in [3.05, 3.63) is 35.4 Å². The molecule has 0 atom stereocenters. The first-order valence-corrected chi connectivity index (χ1v) is 8.14. The Kier molecular flexibility index (Phi) is 5.29. The second-order valence-electron chi connectivity index (χ2n) is 6.47. The molecule has 0 saturated carbocycles. The number of rotatable bonds is 3. The molecule has 0 N–H and O–H groups in total. The maximum Gasteiger partial charge on any atom is 0.409 e. The molecule has 23 heavy (non-hydrogen) atoms. The predicted octanol–water partition coefficient (Wildman–Crippen LogP) is 2.57. The van der Waals surface area contributed by atoms with Gasteiger partial charge in [-0.3, -0.25) is 4.79 Å². The van der Waals surface area contributed by atoms with Crippen LogP contribution in [0.5, 0.6) is 0 Å². The lowest BCUT2D eigenvalue weighted by molar-refractivity contribution is -0.137. The van der Waals surface area contributed by atoms with Gasteiger partial charge in [-0.05, 0) is 33.3 Å². The minimum Gasteiger partial charge on any atom is -0.450 e. The topological polar surface area (TPSA) is 49.9 Å². The molecule has 0 aromatic heterocycles. The zero-order valence-corrected chi connectivity index (χ0v) is 14.5. The number of amides is 2. The molecule has 5 nitrogen and oxygen atoms in total. The molecule has 1 aromatic carbocycles. The Morgan fingerprint density at radius 3 is 2.09 bits per heavy atom. The van der Waals surface area contributed by atoms with Gasteiger partial charge in [-0.1, -0.05) is 29.8 Å². The lowest BCUT2D eigenvalue weighted by Crippen LogP contribution is -2.54. The molecule has 1 fully saturated rings. The van der Waals surface area contributed by atoms with E-state index in [9.17, 15) is 9.59 Å². The predicted molar refractivity (Wildman–Crippen MR) is 89.4 cm³/mol. The van der Waals surface area contributed by atoms with Crippen LogP contribution in [0.25, 0.3) is 0 Å². The average molecular weight is 318 g/mol. The number of benzene rings is 1. The smallest absolute Gasteiger partial charge is 0.409 e. The van der Waals surface area contributed by atoms with Crippen molar-refractivity contribution in [1.29, 1.82) is 0 Å². The van der Waals surface area contributed by atoms with Gasteiger partial charge in [-0.2, -0.15) is 0 Å². The first-order chi connectivity index (χ1) is 10.9. The lowest BCUT2D eigenvalue weighted by atomic mass is 9.82. The van der Waals surface area contributed by atoms with Crippen LogP contribution in [-0.4, -0.2) is 54.6 Å². The van der Waals surface area contributed by atoms with E-state index in [2.05, 4.69) is 0 Å². The number of carbonyl (C=O) groups excluding carboxylic acids is 2. The van der Waals surface area contributed by atoms with Gasteiger partial charge in [0.1, 0.15) is 0 Å². The van der Waals surface area contributed by atoms with Crippen LogP contribution in [0.4, 0.5) is 4.79 Å². The second-order valence-corrected chi connectivity index (χ2v) is 6.47. The number of piperazine rings is 1. The zero-order chi connectivity index (χ0) is 17.0. The van der Waals surface area contributed by atoms with Crippen molar-refractivity contribution < 1.29 is 14.3 Å². The summed E-state index contributed by atoms with van der Waals surface area (Å²) < 4.78 is 5.01. The molecule has 0 radical (unpaired) electrons. The van der Waals surface area contributed by atoms with Crippen LogP contribution in [0.1, 0.15) is 31.9 Å². The summed E-state index contributed by atoms with van der Waals surface area (Å²) in [4.78, 5) is 28.1. The van der Waals surface area contributed by atoms with Gasteiger partial charge < -0.3 is 14.5 Å². The van der Waals surface area contributed by atoms with E-state index in [1.807, 2.05) is 49.9 Å². The molecular weight excluding hydrogens is 292 g/mol. The first kappa shape index (κ1) is 17.3. The van der Waals surface area contributed by atoms with Crippen molar-refractivity contribution in [1.82, 2.24) is 9.80 Å². The fourth-order valence-corrected chi connectivity index (χ4v) is 2.80. The fourth-order valence-electron chi connectivity index (χ4n) is 2.80. The highest BCUT2D eigenvalue weighted by atomic mass is 16.6. The molecule has 2 rings (SSSR count). The van der Waals surface area contributed by atoms with Crippen LogP contribution < -0.4 is 0 Å². The third kappa shape index (κ3) is 3.84. The third-order valence-corrected chi connectivity index (χ3v) is 4.40. The maximum absolute atomic E-state index is 12.9. The standard InChI is InChI=1S/C18H26N2O3/c1-5-23-17(22)20-12-10-19(11-13-20)16(21)18(3,4)15-8-6-14(2)7-9-15/h6-9H,5,10-13H2,1-4H3. The molecule has 5 heteroatoms. The summed E-state index contributed by atoms with van der Waals surface area (Å²) in [7, 11) is 0. The summed E-state index contributed by atoms with van der Waals surface area (Å²) >= 11 is 0. The Morgan fingerprint density at radius 2 is 1.57 bits per heavy atom. The third-order valence-electron chi connectivity index (χ3n) is 4.40. The van der Waals surface area contributed by atoms with Crippen LogP contribution in [0.15, 0.2) is 24.3 Å². The van der Waals surface area contributed by atoms with E-state index in [4.69, 9.17) is 4.74 Å². The first-order valence-electron chi connectivity index (χ1n) is 8.14. The highest BCUT2D eigenvalue weighted by Crippen LogP contribution is 2.26. The molecular formula is C18H26N2O3. The molecule has 1 saturated heterocycles. The normalized spacial score (nSPS) is 15.5. The van der Waals surface area contributed by atoms with E-state index in [1.54, 1.807) is 11.8 Å². The van der Waals surface area contributed by atoms with E-state index in [1.165, 1.54) is 5.56 Å². The number of hydrogen-bond acceptors (Lipinski definition) is 3. The van der Waals surface area contributed by atoms with E-state index in [-0.39, 0.29) is 12.0 Å². The minimum absolute atomic E-state index is 0.102. The summed E-state index contributed by atoms with van der Waals surface area (Å²) in [6, 6.07) is 8.09. The van der Waals surface area contributed by atoms with Gasteiger partial charge in [0.05, 0.1) is 12.0 Å². The highest BCUT2D eigenvalue weighted by molar-refractivity contribution is 5.87. The van der Waals surface area contributed by atoms with Crippen molar-refractivity contribution >= 4 is 12.0 Å². The van der Waals surface area contributed by atoms with Gasteiger partial charge >= 0.3 is 6.09 Å². The summed E-state index contributed by atoms with van der Waals surface area (Å²) in [5.41, 5.74) is 1.63. The molecule has 0 unspecified atom stereocenters. The van der Waals surface area contributed by atoms with Crippen LogP contribution in [-0.2, 0) is 14.9 Å². The number of hydrogen-bond donors (Lipinski definition) is 0. The SMILES string of the molecule is CCOC(=O)N1CCN(C(=O)C(C)(C)c2ccc(C)cc2)CC1. The van der Waals surface area contributed by atoms with E-state index >= 15 is 0 Å². The quantitative estimate of drug-likeness (QED) is 0.860. The molecule has 2 amide bonds. The summed E-state index contributed by atoms with van der Waals surface area (Å²) in [5, 5.41) is 0. The van der Waals surface area contributed by atoms with Crippen LogP contribution in [0, 0.1) is 6.92 Å². The van der Waals surface area contributed by atoms with Gasteiger partial charge in [0, 0.05) is 26.2 Å². The Morgan fingerprint density at radius 1 is 1.04 bits per heavy atom. The van der Waals surface area contributed by atoms with Gasteiger partial charge in [0.15, 0.2) is 0 Å². The zero-order valence-electron chi connectivity index (χ0n) is 14.5. The lowest BCUT2D eigenvalue weighted by Gasteiger charge is -2.38. The van der Waals surface area contributed by atoms with Gasteiger partial charge in [-0.25, -0.2) is 4.79 Å². The van der Waals surface area contributed by atoms with E-state index < -0.39 is 5.41 Å². The molecule has 126 valence electrons. The van der Waals surface area contributed by atoms with Crippen LogP contribution in [0.3, 0.4) is 0 Å². The Balaban J connectivity index is 2.01. The minimum atomic E-state index is -0.570. The molecule has 1 heterocycles. The molecule has 0 bridgehead atoms. The van der Waals surface area contributed by atoms with Crippen LogP contribution >= 0.6 is 0 Å². The molecule has 1 aromatic rings. The van der Waals surface area contributed by atoms with Crippen molar-refractivity contribution in [2.45, 2.75) is 33.1 Å². The van der Waals surface area contributed by atoms with Crippen molar-refractivity contribution in [2.75, 3.05) is 32.8 Å². The van der Waals surface area contributed by atoms with E-state index in [0.717, 1.165) is 5.56 Å². The monoisotopic (exact) mass is 318 g/mol. The number of aryl methyl sites for hydroxylation is 1. The fraction of sp³-hybridized carbons (Fsp3) is 0.556. The van der Waals surface area contributed by atoms with Gasteiger partial charge in [0.2, 0.25) is 5.91 Å². The average Bonchev–Trinajstić information content (AvgIpc) is 2.55. The van der Waals surface area contributed by atoms with Crippen molar-refractivity contribution in [3.8, 4) is 0 Å². The Labute approximate surface area is 138 Å². The number of ether oxygens (including phenoxy) is 1. The Bertz CT molecular complexity index is 558. The number of carbonyl (C=O) groups is 2. The maximum atomic E-state index is 12.9. The molecule has 1 aliphatic rings. The largest absolute Gasteiger partial charge is 0.450 e.